The average Bonchev–Trinajstić information content (AvgIpc) is 3.64. The number of imide groups is 1. The number of Topliss-reactive ketones (excluding diaryl/α,β-unsaturated/α-hetero) is 2. The fraction of sp³-hybridized carbons (Fsp3) is 0.455. The van der Waals surface area contributed by atoms with E-state index in [1.165, 1.54) is 0 Å². The molecule has 294 valence electrons. The molecule has 1 aliphatic carbocycles. The van der Waals surface area contributed by atoms with Crippen LogP contribution in [0.3, 0.4) is 0 Å². The first kappa shape index (κ1) is 37.3. The van der Waals surface area contributed by atoms with Gasteiger partial charge in [-0.2, -0.15) is 0 Å². The first-order valence-electron chi connectivity index (χ1n) is 20.2. The third kappa shape index (κ3) is 7.06. The lowest BCUT2D eigenvalue weighted by molar-refractivity contribution is -0.137. The zero-order valence-electron chi connectivity index (χ0n) is 31.7. The van der Waals surface area contributed by atoms with Gasteiger partial charge in [0.25, 0.3) is 5.91 Å². The van der Waals surface area contributed by atoms with E-state index in [1.54, 1.807) is 24.3 Å². The highest BCUT2D eigenvalue weighted by Gasteiger charge is 2.48. The van der Waals surface area contributed by atoms with Gasteiger partial charge in [-0.25, -0.2) is 4.85 Å². The molecular weight excluding hydrogens is 744 g/mol. The van der Waals surface area contributed by atoms with E-state index < -0.39 is 17.7 Å². The van der Waals surface area contributed by atoms with Crippen LogP contribution in [0.1, 0.15) is 82.4 Å². The Bertz CT molecular complexity index is 2160. The molecule has 12 nitrogen and oxygen atoms in total. The number of carbonyl (C=O) groups excluding carboxylic acids is 5. The molecule has 5 saturated heterocycles. The van der Waals surface area contributed by atoms with Gasteiger partial charge < -0.3 is 19.4 Å². The normalized spacial score (nSPS) is 26.7. The van der Waals surface area contributed by atoms with Crippen LogP contribution in [0.15, 0.2) is 60.7 Å². The van der Waals surface area contributed by atoms with Gasteiger partial charge in [-0.15, -0.1) is 0 Å². The molecule has 3 aromatic rings. The molecule has 3 amide bonds. The number of ketones is 2. The summed E-state index contributed by atoms with van der Waals surface area (Å²) in [6, 6.07) is 19.5. The lowest BCUT2D eigenvalue weighted by Gasteiger charge is -2.44. The van der Waals surface area contributed by atoms with Crippen molar-refractivity contribution in [2.24, 2.45) is 11.8 Å². The van der Waals surface area contributed by atoms with Crippen molar-refractivity contribution in [3.63, 3.8) is 0 Å². The second kappa shape index (κ2) is 15.3. The molecule has 13 heteroatoms. The topological polar surface area (TPSA) is 124 Å². The molecule has 5 fully saturated rings. The Morgan fingerprint density at radius 1 is 0.737 bits per heavy atom. The van der Waals surface area contributed by atoms with Crippen molar-refractivity contribution >= 4 is 58.0 Å². The average molecular weight is 789 g/mol. The molecule has 57 heavy (non-hydrogen) atoms. The first-order chi connectivity index (χ1) is 27.6. The SMILES string of the molecule is [C-]#[N+]c1ccc(OC2CC3CCC(C2)N3C(=O)c2ccc(N3CCN(C4CCN(c5ccc6c(c5)C(=O)C(C5CCC(=O)NC5=O)C6=O)CC4)CC3)cc2)cc1Cl. The number of halogens is 1. The molecule has 1 N–H and O–H groups in total. The molecule has 3 aromatic carbocycles. The molecule has 4 atom stereocenters. The van der Waals surface area contributed by atoms with E-state index in [0.717, 1.165) is 94.7 Å². The van der Waals surface area contributed by atoms with Crippen LogP contribution in [0.4, 0.5) is 17.1 Å². The third-order valence-electron chi connectivity index (χ3n) is 13.2. The number of ether oxygens (including phenoxy) is 1. The van der Waals surface area contributed by atoms with Crippen LogP contribution < -0.4 is 19.9 Å². The number of hydrogen-bond donors (Lipinski definition) is 1. The Hall–Kier alpha value is -5.25. The van der Waals surface area contributed by atoms with Crippen LogP contribution >= 0.6 is 11.6 Å². The maximum atomic E-state index is 13.8. The summed E-state index contributed by atoms with van der Waals surface area (Å²) in [6.45, 7) is 12.6. The van der Waals surface area contributed by atoms with Crippen LogP contribution in [-0.2, 0) is 9.59 Å². The first-order valence-corrected chi connectivity index (χ1v) is 20.6. The number of hydrogen-bond acceptors (Lipinski definition) is 9. The van der Waals surface area contributed by atoms with Crippen molar-refractivity contribution in [1.82, 2.24) is 15.1 Å². The van der Waals surface area contributed by atoms with E-state index in [2.05, 4.69) is 41.9 Å². The molecule has 4 unspecified atom stereocenters. The molecule has 5 aliphatic heterocycles. The number of piperazine rings is 1. The van der Waals surface area contributed by atoms with Gasteiger partial charge in [0.15, 0.2) is 11.6 Å². The number of fused-ring (bicyclic) bond motifs is 3. The van der Waals surface area contributed by atoms with Crippen LogP contribution in [0.5, 0.6) is 5.75 Å². The molecule has 0 saturated carbocycles. The highest BCUT2D eigenvalue weighted by molar-refractivity contribution is 6.33. The second-order valence-electron chi connectivity index (χ2n) is 16.3. The highest BCUT2D eigenvalue weighted by Crippen LogP contribution is 2.40. The number of anilines is 2. The van der Waals surface area contributed by atoms with Gasteiger partial charge in [0.2, 0.25) is 17.5 Å². The number of rotatable bonds is 7. The highest BCUT2D eigenvalue weighted by atomic mass is 35.5. The van der Waals surface area contributed by atoms with Crippen LogP contribution in [0.25, 0.3) is 4.85 Å². The van der Waals surface area contributed by atoms with E-state index in [1.807, 2.05) is 24.3 Å². The monoisotopic (exact) mass is 788 g/mol. The van der Waals surface area contributed by atoms with E-state index in [0.29, 0.717) is 33.6 Å². The Balaban J connectivity index is 0.750. The van der Waals surface area contributed by atoms with E-state index in [9.17, 15) is 24.0 Å². The summed E-state index contributed by atoms with van der Waals surface area (Å²) in [5.41, 5.74) is 3.93. The van der Waals surface area contributed by atoms with Crippen molar-refractivity contribution in [1.29, 1.82) is 0 Å². The number of amides is 3. The number of nitrogens with one attached hydrogen (secondary N) is 1. The van der Waals surface area contributed by atoms with Crippen molar-refractivity contribution in [2.75, 3.05) is 49.1 Å². The predicted molar refractivity (Wildman–Crippen MR) is 214 cm³/mol. The van der Waals surface area contributed by atoms with Gasteiger partial charge in [0, 0.05) is 105 Å². The van der Waals surface area contributed by atoms with Gasteiger partial charge in [-0.3, -0.25) is 34.2 Å². The molecule has 9 rings (SSSR count). The minimum atomic E-state index is -1.05. The standard InChI is InChI=1S/C44H45ClN6O6/c1-46-38-12-9-32(25-37(38)45)57-33-22-30-6-7-31(23-33)51(30)44(56)26-2-4-27(5-3-26)49-18-20-50(21-19-49)28-14-16-48(17-15-28)29-8-10-34-36(24-29)42(54)40(41(34)53)35-11-13-39(52)47-43(35)55/h2-5,8-10,12,24-25,28,30-31,33,35,40H,6-7,11,13-23H2,(H,47,52,55). The van der Waals surface area contributed by atoms with Crippen molar-refractivity contribution in [3.05, 3.63) is 93.8 Å². The maximum Gasteiger partial charge on any atom is 0.254 e. The number of nitrogens with zero attached hydrogens (tertiary/aromatic N) is 5. The zero-order valence-corrected chi connectivity index (χ0v) is 32.5. The Morgan fingerprint density at radius 2 is 1.40 bits per heavy atom. The van der Waals surface area contributed by atoms with Crippen LogP contribution in [0.2, 0.25) is 5.02 Å². The maximum absolute atomic E-state index is 13.8. The number of piperidine rings is 3. The minimum Gasteiger partial charge on any atom is -0.490 e. The molecule has 2 bridgehead atoms. The lowest BCUT2D eigenvalue weighted by Crippen LogP contribution is -2.53. The molecule has 0 aromatic heterocycles. The van der Waals surface area contributed by atoms with Gasteiger partial charge in [-0.1, -0.05) is 17.7 Å². The van der Waals surface area contributed by atoms with Crippen molar-refractivity contribution < 1.29 is 28.7 Å². The summed E-state index contributed by atoms with van der Waals surface area (Å²) in [4.78, 5) is 77.3. The van der Waals surface area contributed by atoms with Crippen LogP contribution in [-0.4, -0.2) is 103 Å². The lowest BCUT2D eigenvalue weighted by atomic mass is 9.82. The largest absolute Gasteiger partial charge is 0.490 e. The van der Waals surface area contributed by atoms with E-state index >= 15 is 0 Å². The van der Waals surface area contributed by atoms with E-state index in [-0.39, 0.29) is 54.4 Å². The summed E-state index contributed by atoms with van der Waals surface area (Å²) >= 11 is 6.23. The molecule has 0 radical (unpaired) electrons. The number of carbonyl (C=O) groups is 5. The molecule has 6 aliphatic rings. The summed E-state index contributed by atoms with van der Waals surface area (Å²) in [6.07, 6.45) is 5.84. The second-order valence-corrected chi connectivity index (χ2v) is 16.7. The Kier molecular flexibility index (Phi) is 9.99. The molecule has 0 spiro atoms. The zero-order chi connectivity index (χ0) is 39.4. The van der Waals surface area contributed by atoms with Crippen molar-refractivity contribution in [3.8, 4) is 5.75 Å². The third-order valence-corrected chi connectivity index (χ3v) is 13.5. The Labute approximate surface area is 336 Å². The summed E-state index contributed by atoms with van der Waals surface area (Å²) < 4.78 is 6.27. The summed E-state index contributed by atoms with van der Waals surface area (Å²) in [5.74, 6) is -2.65. The fourth-order valence-corrected chi connectivity index (χ4v) is 10.4. The minimum absolute atomic E-state index is 0.00263. The summed E-state index contributed by atoms with van der Waals surface area (Å²) in [5, 5.41) is 2.68. The quantitative estimate of drug-likeness (QED) is 0.176. The summed E-state index contributed by atoms with van der Waals surface area (Å²) in [7, 11) is 0. The smallest absolute Gasteiger partial charge is 0.254 e. The van der Waals surface area contributed by atoms with Crippen molar-refractivity contribution in [2.45, 2.75) is 75.6 Å². The Morgan fingerprint density at radius 3 is 2.07 bits per heavy atom. The van der Waals surface area contributed by atoms with Gasteiger partial charge in [0.1, 0.15) is 11.9 Å². The molecule has 5 heterocycles. The van der Waals surface area contributed by atoms with Crippen LogP contribution in [0, 0.1) is 18.4 Å². The predicted octanol–water partition coefficient (Wildman–Crippen LogP) is 5.94. The van der Waals surface area contributed by atoms with Gasteiger partial charge >= 0.3 is 0 Å². The van der Waals surface area contributed by atoms with E-state index in [4.69, 9.17) is 22.9 Å². The number of benzene rings is 3. The fourth-order valence-electron chi connectivity index (χ4n) is 10.2. The molecular formula is C44H45ClN6O6. The van der Waals surface area contributed by atoms with Gasteiger partial charge in [-0.05, 0) is 86.7 Å². The van der Waals surface area contributed by atoms with Gasteiger partial charge in [0.05, 0.1) is 23.4 Å².